The number of urea groups is 2. The van der Waals surface area contributed by atoms with Crippen molar-refractivity contribution < 1.29 is 86.1 Å². The van der Waals surface area contributed by atoms with E-state index in [4.69, 9.17) is 18.9 Å². The maximum absolute atomic E-state index is 14.8. The molecule has 10 rings (SSSR count). The zero-order valence-electron chi connectivity index (χ0n) is 72.7. The van der Waals surface area contributed by atoms with Crippen LogP contribution >= 0.6 is 0 Å². The molecule has 32 nitrogen and oxygen atoms in total. The van der Waals surface area contributed by atoms with Gasteiger partial charge in [-0.3, -0.25) is 57.5 Å². The molecule has 0 aromatic heterocycles. The average Bonchev–Trinajstić information content (AvgIpc) is 1.65. The fraction of sp³-hybridized carbons (Fsp3) is 0.578. The van der Waals surface area contributed by atoms with Gasteiger partial charge in [0.2, 0.25) is 58.8 Å². The van der Waals surface area contributed by atoms with E-state index in [2.05, 4.69) is 42.5 Å². The van der Waals surface area contributed by atoms with E-state index in [9.17, 15) is 67.1 Å². The zero-order valence-corrected chi connectivity index (χ0v) is 72.7. The Balaban J connectivity index is 0.000000277. The molecule has 4 aromatic rings. The molecule has 2 saturated carbocycles. The number of benzene rings is 4. The number of ether oxygens (including phenoxy) is 4. The van der Waals surface area contributed by atoms with Gasteiger partial charge in [0.05, 0.1) is 61.8 Å². The number of fused-ring (bicyclic) bond motifs is 8. The van der Waals surface area contributed by atoms with Crippen molar-refractivity contribution in [1.82, 2.24) is 71.9 Å². The van der Waals surface area contributed by atoms with Gasteiger partial charge in [-0.2, -0.15) is 0 Å². The Hall–Kier alpha value is -11.0. The zero-order chi connectivity index (χ0) is 88.5. The van der Waals surface area contributed by atoms with Crippen molar-refractivity contribution in [3.05, 3.63) is 131 Å². The smallest absolute Gasteiger partial charge is 0.318 e. The Morgan fingerprint density at radius 3 is 1.19 bits per heavy atom. The number of Topliss-reactive ketones (excluding diaryl/α,β-unsaturated/α-hetero) is 2. The Morgan fingerprint density at radius 1 is 0.484 bits per heavy atom. The number of amides is 14. The molecule has 32 heteroatoms. The Labute approximate surface area is 715 Å². The summed E-state index contributed by atoms with van der Waals surface area (Å²) in [5, 5.41) is 21.5. The molecule has 4 aromatic carbocycles. The predicted molar refractivity (Wildman–Crippen MR) is 454 cm³/mol. The van der Waals surface area contributed by atoms with E-state index >= 15 is 0 Å². The standard InChI is InChI=1S/2C45H63N7O9/c2*1-7-15-34(39(54)41(56)46-26-36(53)48-37(42(57)50(4)5)30-17-10-8-11-18-30)47-40(55)35-25-33-28-52(35)43(58)38(31-19-12-9-13-20-31)49-44(59)51(6)27-29-16-14-21-32(24-29)60-23-22-45(2,3)61-33/h2*8,10-11,14,16-18,21,24,31,33-35,37-38H,7,9,12-13,15,19-20,22-23,25-28H2,1-6H3,(H,46,56)(H,47,55)(H,48,53)(H,49,59)/t33-,34+,35+,37+,38+;33-,34-,35+,37+,38+/m11/s1. The van der Waals surface area contributed by atoms with E-state index < -0.39 is 156 Å². The summed E-state index contributed by atoms with van der Waals surface area (Å²) in [4.78, 5) is 200. The van der Waals surface area contributed by atoms with E-state index in [0.29, 0.717) is 61.5 Å². The average molecular weight is 1690 g/mol. The van der Waals surface area contributed by atoms with Gasteiger partial charge in [0, 0.05) is 94.1 Å². The molecule has 0 spiro atoms. The summed E-state index contributed by atoms with van der Waals surface area (Å²) in [5.41, 5.74) is 1.39. The first-order valence-corrected chi connectivity index (χ1v) is 42.9. The number of nitrogens with zero attached hydrogens (tertiary/aromatic N) is 6. The highest BCUT2D eigenvalue weighted by atomic mass is 16.5. The molecule has 0 unspecified atom stereocenters. The van der Waals surface area contributed by atoms with Crippen LogP contribution in [0.5, 0.6) is 11.5 Å². The van der Waals surface area contributed by atoms with Gasteiger partial charge >= 0.3 is 12.1 Å². The van der Waals surface area contributed by atoms with Crippen LogP contribution in [-0.4, -0.2) is 253 Å². The van der Waals surface area contributed by atoms with Crippen molar-refractivity contribution in [2.75, 3.05) is 81.7 Å². The normalized spacial score (nSPS) is 22.1. The molecule has 10 atom stereocenters. The third kappa shape index (κ3) is 27.0. The van der Waals surface area contributed by atoms with Crippen LogP contribution in [0.2, 0.25) is 0 Å². The number of carbonyl (C=O) groups excluding carboxylic acids is 14. The molecule has 2 saturated heterocycles. The first-order chi connectivity index (χ1) is 58.1. The molecule has 8 N–H and O–H groups in total. The molecule has 0 radical (unpaired) electrons. The van der Waals surface area contributed by atoms with Crippen LogP contribution in [0.4, 0.5) is 9.59 Å². The van der Waals surface area contributed by atoms with Crippen molar-refractivity contribution in [3.8, 4) is 11.5 Å². The summed E-state index contributed by atoms with van der Waals surface area (Å²) in [6.45, 7) is 11.5. The van der Waals surface area contributed by atoms with Crippen LogP contribution in [0, 0.1) is 11.8 Å². The first kappa shape index (κ1) is 94.8. The lowest BCUT2D eigenvalue weighted by atomic mass is 9.83. The summed E-state index contributed by atoms with van der Waals surface area (Å²) in [6, 6.07) is 23.0. The van der Waals surface area contributed by atoms with Gasteiger partial charge in [-0.15, -0.1) is 0 Å². The topological polar surface area (TPSA) is 392 Å². The van der Waals surface area contributed by atoms with E-state index in [0.717, 1.165) is 75.3 Å². The van der Waals surface area contributed by atoms with Gasteiger partial charge in [0.1, 0.15) is 47.8 Å². The molecule has 4 aliphatic heterocycles. The van der Waals surface area contributed by atoms with Gasteiger partial charge in [-0.05, 0) is 125 Å². The highest BCUT2D eigenvalue weighted by Gasteiger charge is 2.49. The van der Waals surface area contributed by atoms with Crippen LogP contribution in [-0.2, 0) is 80.1 Å². The van der Waals surface area contributed by atoms with Crippen molar-refractivity contribution in [2.24, 2.45) is 11.8 Å². The number of ketones is 2. The molecule has 2 aliphatic carbocycles. The molecular weight excluding hydrogens is 1570 g/mol. The molecule has 122 heavy (non-hydrogen) atoms. The van der Waals surface area contributed by atoms with Gasteiger partial charge < -0.3 is 90.9 Å². The van der Waals surface area contributed by atoms with Crippen LogP contribution in [0.15, 0.2) is 109 Å². The highest BCUT2D eigenvalue weighted by molar-refractivity contribution is 6.39. The SMILES string of the molecule is CCC[C@@H](NC(=O)[C@@H]1C[C@@H]2CN1C(=O)[C@H](C1CCCCC1)NC(=O)N(C)Cc1cccc(c1)OCCC(C)(C)O2)C(=O)C(=O)NCC(=O)N[C@H](C(=O)N(C)C)c1ccccc1.CCC[C@H](NC(=O)[C@@H]1C[C@@H]2CN1C(=O)[C@H](C1CCCCC1)NC(=O)N(C)Cc1cccc(c1)OCCC(C)(C)O2)C(=O)C(=O)NCC(=O)N[C@H](C(=O)N(C)C)c1ccccc1. The largest absolute Gasteiger partial charge is 0.493 e. The lowest BCUT2D eigenvalue weighted by Crippen LogP contribution is -2.59. The molecule has 4 heterocycles. The maximum Gasteiger partial charge on any atom is 0.318 e. The minimum absolute atomic E-state index is 0.0687. The van der Waals surface area contributed by atoms with Crippen LogP contribution in [0.25, 0.3) is 0 Å². The number of rotatable bonds is 24. The van der Waals surface area contributed by atoms with Crippen molar-refractivity contribution in [2.45, 2.75) is 242 Å². The summed E-state index contributed by atoms with van der Waals surface area (Å²) < 4.78 is 25.3. The second-order valence-corrected chi connectivity index (χ2v) is 34.4. The molecule has 664 valence electrons. The maximum atomic E-state index is 14.8. The third-order valence-corrected chi connectivity index (χ3v) is 23.2. The quantitative estimate of drug-likeness (QED) is 0.0348. The van der Waals surface area contributed by atoms with Crippen molar-refractivity contribution >= 4 is 82.7 Å². The fourth-order valence-electron chi connectivity index (χ4n) is 16.6. The van der Waals surface area contributed by atoms with Crippen LogP contribution in [0.1, 0.15) is 191 Å². The second kappa shape index (κ2) is 44.7. The minimum Gasteiger partial charge on any atom is -0.493 e. The lowest BCUT2D eigenvalue weighted by molar-refractivity contribution is -0.143. The number of nitrogens with one attached hydrogen (secondary N) is 8. The predicted octanol–water partition coefficient (Wildman–Crippen LogP) is 6.48. The molecule has 6 aliphatic rings. The van der Waals surface area contributed by atoms with Crippen molar-refractivity contribution in [3.63, 3.8) is 0 Å². The molecule has 4 fully saturated rings. The summed E-state index contributed by atoms with van der Waals surface area (Å²) >= 11 is 0. The van der Waals surface area contributed by atoms with Crippen molar-refractivity contribution in [1.29, 1.82) is 0 Å². The van der Waals surface area contributed by atoms with E-state index in [1.807, 2.05) is 76.2 Å². The second-order valence-electron chi connectivity index (χ2n) is 34.4. The third-order valence-electron chi connectivity index (χ3n) is 23.2. The van der Waals surface area contributed by atoms with Gasteiger partial charge in [-0.1, -0.05) is 150 Å². The minimum atomic E-state index is -1.26. The van der Waals surface area contributed by atoms with Gasteiger partial charge in [-0.25, -0.2) is 9.59 Å². The van der Waals surface area contributed by atoms with Crippen LogP contribution in [0.3, 0.4) is 0 Å². The summed E-state index contributed by atoms with van der Waals surface area (Å²) in [5.74, 6) is -7.32. The summed E-state index contributed by atoms with van der Waals surface area (Å²) in [6.07, 6.45) is 9.78. The van der Waals surface area contributed by atoms with Gasteiger partial charge in [0.25, 0.3) is 11.8 Å². The Morgan fingerprint density at radius 2 is 0.844 bits per heavy atom. The number of hydrogen-bond donors (Lipinski definition) is 8. The molecule has 8 bridgehead atoms. The highest BCUT2D eigenvalue weighted by Crippen LogP contribution is 2.36. The number of hydrogen-bond acceptors (Lipinski definition) is 18. The number of carbonyl (C=O) groups is 14. The molecule has 14 amide bonds. The Kier molecular flexibility index (Phi) is 34.7. The summed E-state index contributed by atoms with van der Waals surface area (Å²) in [7, 11) is 9.57. The monoisotopic (exact) mass is 1690 g/mol. The fourth-order valence-corrected chi connectivity index (χ4v) is 16.6. The first-order valence-electron chi connectivity index (χ1n) is 42.9. The van der Waals surface area contributed by atoms with E-state index in [1.54, 1.807) is 117 Å². The number of likely N-dealkylation sites (N-methyl/N-ethyl adjacent to an activating group) is 2. The van der Waals surface area contributed by atoms with Gasteiger partial charge in [0.15, 0.2) is 0 Å². The molecular formula is C90H126N14O18. The van der Waals surface area contributed by atoms with Crippen LogP contribution < -0.4 is 52.0 Å². The lowest BCUT2D eigenvalue weighted by Gasteiger charge is -2.35. The van der Waals surface area contributed by atoms with E-state index in [-0.39, 0.29) is 75.5 Å². The van der Waals surface area contributed by atoms with E-state index in [1.165, 1.54) is 29.4 Å². The Bertz CT molecular complexity index is 4040.